The van der Waals surface area contributed by atoms with Crippen molar-refractivity contribution in [1.29, 1.82) is 0 Å². The van der Waals surface area contributed by atoms with E-state index >= 15 is 0 Å². The summed E-state index contributed by atoms with van der Waals surface area (Å²) in [5.41, 5.74) is 3.33. The van der Waals surface area contributed by atoms with Crippen LogP contribution in [0.3, 0.4) is 0 Å². The van der Waals surface area contributed by atoms with E-state index < -0.39 is 0 Å². The monoisotopic (exact) mass is 296 g/mol. The molecule has 0 radical (unpaired) electrons. The SMILES string of the molecule is O=c1n(Cc2ccccc2)c2ccccc2n1C[C@@H]1CS1. The maximum Gasteiger partial charge on any atom is 0.329 e. The highest BCUT2D eigenvalue weighted by molar-refractivity contribution is 8.06. The largest absolute Gasteiger partial charge is 0.329 e. The van der Waals surface area contributed by atoms with Gasteiger partial charge in [-0.05, 0) is 17.7 Å². The predicted molar refractivity (Wildman–Crippen MR) is 88.0 cm³/mol. The molecular weight excluding hydrogens is 280 g/mol. The number of rotatable bonds is 4. The number of hydrogen-bond acceptors (Lipinski definition) is 2. The van der Waals surface area contributed by atoms with Crippen molar-refractivity contribution in [2.24, 2.45) is 0 Å². The number of imidazole rings is 1. The minimum atomic E-state index is 0.104. The first-order valence-corrected chi connectivity index (χ1v) is 8.21. The van der Waals surface area contributed by atoms with E-state index in [1.807, 2.05) is 63.4 Å². The molecule has 1 aliphatic rings. The van der Waals surface area contributed by atoms with Gasteiger partial charge in [-0.1, -0.05) is 42.5 Å². The lowest BCUT2D eigenvalue weighted by Crippen LogP contribution is -2.26. The lowest BCUT2D eigenvalue weighted by molar-refractivity contribution is 0.665. The molecule has 3 aromatic rings. The van der Waals surface area contributed by atoms with E-state index in [2.05, 4.69) is 12.1 Å². The van der Waals surface area contributed by atoms with Crippen molar-refractivity contribution < 1.29 is 0 Å². The van der Waals surface area contributed by atoms with Crippen molar-refractivity contribution in [3.63, 3.8) is 0 Å². The Bertz CT molecular complexity index is 831. The van der Waals surface area contributed by atoms with Crippen LogP contribution in [0, 0.1) is 0 Å². The predicted octanol–water partition coefficient (Wildman–Crippen LogP) is 2.97. The second-order valence-electron chi connectivity index (χ2n) is 5.41. The van der Waals surface area contributed by atoms with Gasteiger partial charge in [-0.25, -0.2) is 4.79 Å². The van der Waals surface area contributed by atoms with Gasteiger partial charge >= 0.3 is 5.69 Å². The summed E-state index contributed by atoms with van der Waals surface area (Å²) in [4.78, 5) is 12.8. The highest BCUT2D eigenvalue weighted by atomic mass is 32.2. The Kier molecular flexibility index (Phi) is 3.11. The summed E-state index contributed by atoms with van der Waals surface area (Å²) in [7, 11) is 0. The molecule has 1 atom stereocenters. The lowest BCUT2D eigenvalue weighted by Gasteiger charge is -2.03. The molecule has 0 amide bonds. The molecule has 0 bridgehead atoms. The van der Waals surface area contributed by atoms with Gasteiger partial charge in [-0.2, -0.15) is 11.8 Å². The summed E-state index contributed by atoms with van der Waals surface area (Å²) in [5.74, 6) is 1.17. The number of para-hydroxylation sites is 2. The van der Waals surface area contributed by atoms with Gasteiger partial charge in [0.2, 0.25) is 0 Å². The molecule has 21 heavy (non-hydrogen) atoms. The highest BCUT2D eigenvalue weighted by Crippen LogP contribution is 2.32. The van der Waals surface area contributed by atoms with Gasteiger partial charge in [0, 0.05) is 17.5 Å². The number of benzene rings is 2. The Labute approximate surface area is 127 Å². The maximum atomic E-state index is 12.8. The first kappa shape index (κ1) is 12.8. The normalized spacial score (nSPS) is 17.2. The van der Waals surface area contributed by atoms with E-state index in [9.17, 15) is 4.79 Å². The fraction of sp³-hybridized carbons (Fsp3) is 0.235. The maximum absolute atomic E-state index is 12.8. The average Bonchev–Trinajstić information content (AvgIpc) is 3.31. The van der Waals surface area contributed by atoms with Crippen molar-refractivity contribution in [1.82, 2.24) is 9.13 Å². The Balaban J connectivity index is 1.84. The van der Waals surface area contributed by atoms with Crippen molar-refractivity contribution in [2.45, 2.75) is 18.3 Å². The number of nitrogens with zero attached hydrogens (tertiary/aromatic N) is 2. The number of aromatic nitrogens is 2. The third-order valence-electron chi connectivity index (χ3n) is 3.90. The van der Waals surface area contributed by atoms with Gasteiger partial charge in [0.1, 0.15) is 0 Å². The fourth-order valence-corrected chi connectivity index (χ4v) is 3.24. The van der Waals surface area contributed by atoms with Gasteiger partial charge in [0.15, 0.2) is 0 Å². The van der Waals surface area contributed by atoms with E-state index in [0.29, 0.717) is 11.8 Å². The van der Waals surface area contributed by atoms with Gasteiger partial charge < -0.3 is 0 Å². The van der Waals surface area contributed by atoms with Crippen LogP contribution in [0.2, 0.25) is 0 Å². The van der Waals surface area contributed by atoms with Crippen LogP contribution in [0.1, 0.15) is 5.56 Å². The second kappa shape index (κ2) is 5.11. The van der Waals surface area contributed by atoms with Crippen LogP contribution in [-0.2, 0) is 13.1 Å². The molecule has 0 saturated carbocycles. The zero-order valence-electron chi connectivity index (χ0n) is 11.6. The van der Waals surface area contributed by atoms with Crippen LogP contribution in [0.25, 0.3) is 11.0 Å². The Morgan fingerprint density at radius 2 is 1.57 bits per heavy atom. The molecule has 1 aromatic heterocycles. The molecule has 0 spiro atoms. The molecule has 106 valence electrons. The molecule has 0 unspecified atom stereocenters. The summed E-state index contributed by atoms with van der Waals surface area (Å²) in [6, 6.07) is 18.2. The van der Waals surface area contributed by atoms with E-state index in [-0.39, 0.29) is 5.69 Å². The molecule has 4 heteroatoms. The molecule has 0 N–H and O–H groups in total. The van der Waals surface area contributed by atoms with E-state index in [1.165, 1.54) is 5.75 Å². The number of fused-ring (bicyclic) bond motifs is 1. The fourth-order valence-electron chi connectivity index (χ4n) is 2.74. The van der Waals surface area contributed by atoms with Crippen LogP contribution in [0.4, 0.5) is 0 Å². The Morgan fingerprint density at radius 3 is 2.24 bits per heavy atom. The van der Waals surface area contributed by atoms with Crippen LogP contribution in [0.15, 0.2) is 59.4 Å². The number of thioether (sulfide) groups is 1. The van der Waals surface area contributed by atoms with Crippen molar-refractivity contribution >= 4 is 22.8 Å². The Morgan fingerprint density at radius 1 is 0.952 bits per heavy atom. The molecule has 0 aliphatic carbocycles. The third-order valence-corrected chi connectivity index (χ3v) is 4.85. The smallest absolute Gasteiger partial charge is 0.291 e. The zero-order chi connectivity index (χ0) is 14.2. The summed E-state index contributed by atoms with van der Waals surface area (Å²) >= 11 is 1.92. The minimum absolute atomic E-state index is 0.104. The summed E-state index contributed by atoms with van der Waals surface area (Å²) in [6.45, 7) is 1.46. The molecule has 3 nitrogen and oxygen atoms in total. The first-order chi connectivity index (χ1) is 10.3. The van der Waals surface area contributed by atoms with E-state index in [0.717, 1.165) is 23.1 Å². The zero-order valence-corrected chi connectivity index (χ0v) is 12.4. The average molecular weight is 296 g/mol. The summed E-state index contributed by atoms with van der Waals surface area (Å²) < 4.78 is 3.82. The van der Waals surface area contributed by atoms with E-state index in [1.54, 1.807) is 0 Å². The molecule has 1 fully saturated rings. The third kappa shape index (κ3) is 2.40. The molecule has 1 aliphatic heterocycles. The molecule has 4 rings (SSSR count). The highest BCUT2D eigenvalue weighted by Gasteiger charge is 2.25. The lowest BCUT2D eigenvalue weighted by atomic mass is 10.2. The quantitative estimate of drug-likeness (QED) is 0.692. The van der Waals surface area contributed by atoms with Crippen molar-refractivity contribution in [3.05, 3.63) is 70.6 Å². The standard InChI is InChI=1S/C17H16N2OS/c20-17-18(10-13-6-2-1-3-7-13)15-8-4-5-9-16(15)19(17)11-14-12-21-14/h1-9,14H,10-12H2/t14-/m1/s1. The summed E-state index contributed by atoms with van der Waals surface area (Å²) in [6.07, 6.45) is 0. The van der Waals surface area contributed by atoms with Gasteiger partial charge in [-0.15, -0.1) is 0 Å². The second-order valence-corrected chi connectivity index (χ2v) is 6.74. The molecule has 2 aromatic carbocycles. The van der Waals surface area contributed by atoms with Crippen molar-refractivity contribution in [2.75, 3.05) is 5.75 Å². The van der Waals surface area contributed by atoms with E-state index in [4.69, 9.17) is 0 Å². The molecule has 2 heterocycles. The van der Waals surface area contributed by atoms with Crippen LogP contribution in [0.5, 0.6) is 0 Å². The van der Waals surface area contributed by atoms with Crippen molar-refractivity contribution in [3.8, 4) is 0 Å². The molecular formula is C17H16N2OS. The first-order valence-electron chi connectivity index (χ1n) is 7.16. The van der Waals surface area contributed by atoms with Crippen LogP contribution < -0.4 is 5.69 Å². The molecule has 1 saturated heterocycles. The van der Waals surface area contributed by atoms with Crippen LogP contribution >= 0.6 is 11.8 Å². The Hall–Kier alpha value is -1.94. The van der Waals surface area contributed by atoms with Gasteiger partial charge in [0.05, 0.1) is 17.6 Å². The number of hydrogen-bond donors (Lipinski definition) is 0. The topological polar surface area (TPSA) is 26.9 Å². The minimum Gasteiger partial charge on any atom is -0.291 e. The summed E-state index contributed by atoms with van der Waals surface area (Å²) in [5, 5.41) is 0.610. The van der Waals surface area contributed by atoms with Gasteiger partial charge in [-0.3, -0.25) is 9.13 Å². The van der Waals surface area contributed by atoms with Crippen LogP contribution in [-0.4, -0.2) is 20.1 Å². The van der Waals surface area contributed by atoms with Gasteiger partial charge in [0.25, 0.3) is 0 Å².